The summed E-state index contributed by atoms with van der Waals surface area (Å²) in [7, 11) is 0. The van der Waals surface area contributed by atoms with Crippen LogP contribution in [0.4, 0.5) is 0 Å². The van der Waals surface area contributed by atoms with E-state index in [1.807, 2.05) is 0 Å². The van der Waals surface area contributed by atoms with Crippen LogP contribution in [0.1, 0.15) is 64.7 Å². The summed E-state index contributed by atoms with van der Waals surface area (Å²) < 4.78 is 0.844. The van der Waals surface area contributed by atoms with Crippen LogP contribution in [0.3, 0.4) is 0 Å². The quantitative estimate of drug-likeness (QED) is 0.566. The van der Waals surface area contributed by atoms with Crippen LogP contribution in [0.25, 0.3) is 0 Å². The molecule has 0 aromatic rings. The predicted molar refractivity (Wildman–Crippen MR) is 76.5 cm³/mol. The number of alkyl halides is 1. The number of hydrogen-bond donors (Lipinski definition) is 1. The summed E-state index contributed by atoms with van der Waals surface area (Å²) in [5, 5.41) is 0. The van der Waals surface area contributed by atoms with Crippen molar-refractivity contribution in [2.75, 3.05) is 0 Å². The van der Waals surface area contributed by atoms with Crippen molar-refractivity contribution in [1.29, 1.82) is 0 Å². The smallest absolute Gasteiger partial charge is 0.0110 e. The third kappa shape index (κ3) is 6.10. The van der Waals surface area contributed by atoms with Crippen LogP contribution in [0, 0.1) is 5.92 Å². The van der Waals surface area contributed by atoms with Gasteiger partial charge in [-0.15, -0.1) is 0 Å². The van der Waals surface area contributed by atoms with Gasteiger partial charge in [0.05, 0.1) is 0 Å². The van der Waals surface area contributed by atoms with E-state index in [9.17, 15) is 0 Å². The fourth-order valence-electron chi connectivity index (χ4n) is 2.55. The average Bonchev–Trinajstić information content (AvgIpc) is 2.23. The van der Waals surface area contributed by atoms with E-state index in [1.165, 1.54) is 57.8 Å². The first-order chi connectivity index (χ1) is 7.20. The molecule has 0 saturated heterocycles. The van der Waals surface area contributed by atoms with Crippen molar-refractivity contribution in [3.05, 3.63) is 0 Å². The summed E-state index contributed by atoms with van der Waals surface area (Å²) in [6.07, 6.45) is 12.3. The molecule has 15 heavy (non-hydrogen) atoms. The molecule has 1 rings (SSSR count). The van der Waals surface area contributed by atoms with Crippen LogP contribution in [-0.2, 0) is 0 Å². The van der Waals surface area contributed by atoms with E-state index < -0.39 is 0 Å². The zero-order chi connectivity index (χ0) is 11.1. The number of nitrogens with two attached hydrogens (primary N) is 1. The summed E-state index contributed by atoms with van der Waals surface area (Å²) in [5.41, 5.74) is 6.07. The highest BCUT2D eigenvalue weighted by molar-refractivity contribution is 14.1. The predicted octanol–water partition coefficient (Wildman–Crippen LogP) is 4.28. The highest BCUT2D eigenvalue weighted by Gasteiger charge is 2.15. The van der Waals surface area contributed by atoms with E-state index in [0.717, 1.165) is 9.84 Å². The van der Waals surface area contributed by atoms with Gasteiger partial charge in [-0.2, -0.15) is 0 Å². The summed E-state index contributed by atoms with van der Waals surface area (Å²) in [4.78, 5) is 0. The van der Waals surface area contributed by atoms with Gasteiger partial charge in [0.1, 0.15) is 0 Å². The van der Waals surface area contributed by atoms with Crippen molar-refractivity contribution in [1.82, 2.24) is 0 Å². The van der Waals surface area contributed by atoms with E-state index in [1.54, 1.807) is 0 Å². The topological polar surface area (TPSA) is 26.0 Å². The summed E-state index contributed by atoms with van der Waals surface area (Å²) in [6, 6.07) is 0.485. The zero-order valence-corrected chi connectivity index (χ0v) is 12.2. The lowest BCUT2D eigenvalue weighted by Crippen LogP contribution is -2.19. The molecule has 1 aliphatic rings. The van der Waals surface area contributed by atoms with Gasteiger partial charge in [-0.3, -0.25) is 0 Å². The van der Waals surface area contributed by atoms with Crippen LogP contribution in [0.15, 0.2) is 0 Å². The Morgan fingerprint density at radius 1 is 0.933 bits per heavy atom. The van der Waals surface area contributed by atoms with Crippen molar-refractivity contribution in [2.24, 2.45) is 11.7 Å². The maximum Gasteiger partial charge on any atom is 0.0110 e. The molecule has 0 aromatic carbocycles. The second-order valence-electron chi connectivity index (χ2n) is 5.12. The Hall–Kier alpha value is 0.690. The van der Waals surface area contributed by atoms with Gasteiger partial charge in [0.25, 0.3) is 0 Å². The molecule has 0 aromatic heterocycles. The van der Waals surface area contributed by atoms with Crippen molar-refractivity contribution in [3.8, 4) is 0 Å². The van der Waals surface area contributed by atoms with E-state index in [4.69, 9.17) is 5.73 Å². The molecular formula is C13H26IN. The highest BCUT2D eigenvalue weighted by Crippen LogP contribution is 2.27. The highest BCUT2D eigenvalue weighted by atomic mass is 127. The van der Waals surface area contributed by atoms with Gasteiger partial charge in [0.15, 0.2) is 0 Å². The van der Waals surface area contributed by atoms with Crippen LogP contribution >= 0.6 is 22.6 Å². The maximum absolute atomic E-state index is 6.07. The Balaban J connectivity index is 2.33. The molecule has 1 aliphatic carbocycles. The number of halogens is 1. The standard InChI is InChI=1S/C13H26IN/c1-11(14)12-7-3-2-4-9-13(15)10-6-5-8-12/h11-13H,2-10,15H2,1H3. The molecule has 0 bridgehead atoms. The van der Waals surface area contributed by atoms with Crippen LogP contribution in [-0.4, -0.2) is 9.97 Å². The van der Waals surface area contributed by atoms with Gasteiger partial charge in [0.2, 0.25) is 0 Å². The van der Waals surface area contributed by atoms with Crippen molar-refractivity contribution in [3.63, 3.8) is 0 Å². The lowest BCUT2D eigenvalue weighted by Gasteiger charge is -2.19. The fourth-order valence-corrected chi connectivity index (χ4v) is 3.27. The maximum atomic E-state index is 6.07. The molecule has 0 radical (unpaired) electrons. The van der Waals surface area contributed by atoms with Crippen LogP contribution in [0.2, 0.25) is 0 Å². The molecule has 0 heterocycles. The molecule has 1 fully saturated rings. The van der Waals surface area contributed by atoms with Crippen molar-refractivity contribution < 1.29 is 0 Å². The second kappa shape index (κ2) is 7.88. The minimum Gasteiger partial charge on any atom is -0.328 e. The van der Waals surface area contributed by atoms with Gasteiger partial charge >= 0.3 is 0 Å². The Kier molecular flexibility index (Phi) is 7.23. The molecular weight excluding hydrogens is 297 g/mol. The van der Waals surface area contributed by atoms with Gasteiger partial charge in [0, 0.05) is 9.97 Å². The minimum atomic E-state index is 0.485. The van der Waals surface area contributed by atoms with Crippen molar-refractivity contribution in [2.45, 2.75) is 74.7 Å². The van der Waals surface area contributed by atoms with Gasteiger partial charge in [-0.25, -0.2) is 0 Å². The van der Waals surface area contributed by atoms with Crippen LogP contribution in [0.5, 0.6) is 0 Å². The van der Waals surface area contributed by atoms with E-state index in [-0.39, 0.29) is 0 Å². The molecule has 90 valence electrons. The average molecular weight is 323 g/mol. The Bertz CT molecular complexity index is 159. The van der Waals surface area contributed by atoms with E-state index in [2.05, 4.69) is 29.5 Å². The summed E-state index contributed by atoms with van der Waals surface area (Å²) in [5.74, 6) is 0.958. The largest absolute Gasteiger partial charge is 0.328 e. The van der Waals surface area contributed by atoms with Gasteiger partial charge < -0.3 is 5.73 Å². The Morgan fingerprint density at radius 2 is 1.40 bits per heavy atom. The molecule has 2 N–H and O–H groups in total. The van der Waals surface area contributed by atoms with E-state index >= 15 is 0 Å². The molecule has 0 amide bonds. The molecule has 3 atom stereocenters. The molecule has 1 saturated carbocycles. The van der Waals surface area contributed by atoms with Gasteiger partial charge in [-0.05, 0) is 31.6 Å². The molecule has 1 nitrogen and oxygen atoms in total. The zero-order valence-electron chi connectivity index (χ0n) is 10.1. The van der Waals surface area contributed by atoms with Crippen molar-refractivity contribution >= 4 is 22.6 Å². The first kappa shape index (κ1) is 13.8. The normalized spacial score (nSPS) is 33.0. The summed E-state index contributed by atoms with van der Waals surface area (Å²) >= 11 is 2.60. The lowest BCUT2D eigenvalue weighted by molar-refractivity contribution is 0.419. The number of rotatable bonds is 1. The first-order valence-electron chi connectivity index (χ1n) is 6.60. The Morgan fingerprint density at radius 3 is 2.00 bits per heavy atom. The molecule has 3 unspecified atom stereocenters. The molecule has 0 spiro atoms. The SMILES string of the molecule is CC(I)C1CCCCCC(N)CCCC1. The third-order valence-electron chi connectivity index (χ3n) is 3.70. The van der Waals surface area contributed by atoms with Gasteiger partial charge in [-0.1, -0.05) is 61.6 Å². The number of hydrogen-bond acceptors (Lipinski definition) is 1. The monoisotopic (exact) mass is 323 g/mol. The fraction of sp³-hybridized carbons (Fsp3) is 1.00. The first-order valence-corrected chi connectivity index (χ1v) is 7.84. The second-order valence-corrected chi connectivity index (χ2v) is 7.08. The lowest BCUT2D eigenvalue weighted by atomic mass is 9.93. The van der Waals surface area contributed by atoms with E-state index in [0.29, 0.717) is 6.04 Å². The Labute approximate surface area is 109 Å². The minimum absolute atomic E-state index is 0.485. The third-order valence-corrected chi connectivity index (χ3v) is 4.72. The van der Waals surface area contributed by atoms with Crippen LogP contribution < -0.4 is 5.73 Å². The molecule has 2 heteroatoms. The molecule has 0 aliphatic heterocycles. The summed E-state index contributed by atoms with van der Waals surface area (Å²) in [6.45, 7) is 2.37.